The van der Waals surface area contributed by atoms with Gasteiger partial charge in [-0.3, -0.25) is 9.97 Å². The smallest absolute Gasteiger partial charge is 0.160 e. The molecule has 0 atom stereocenters. The zero-order valence-corrected chi connectivity index (χ0v) is 77.1. The largest absolute Gasteiger partial charge is 0.309 e. The van der Waals surface area contributed by atoms with Crippen molar-refractivity contribution in [2.24, 2.45) is 0 Å². The van der Waals surface area contributed by atoms with Gasteiger partial charge in [0, 0.05) is 157 Å². The molecule has 0 saturated heterocycles. The van der Waals surface area contributed by atoms with E-state index in [4.69, 9.17) is 29.9 Å². The predicted molar refractivity (Wildman–Crippen MR) is 566 cm³/mol. The molecule has 0 fully saturated rings. The third kappa shape index (κ3) is 13.7. The molecule has 3 aliphatic rings. The summed E-state index contributed by atoms with van der Waals surface area (Å²) >= 11 is 0. The monoisotopic (exact) mass is 1770 g/mol. The second-order valence-electron chi connectivity index (χ2n) is 37.7. The Kier molecular flexibility index (Phi) is 19.7. The van der Waals surface area contributed by atoms with Gasteiger partial charge in [0.05, 0.1) is 73.0 Å². The Morgan fingerprint density at radius 3 is 0.833 bits per heavy atom. The minimum Gasteiger partial charge on any atom is -0.309 e. The van der Waals surface area contributed by atoms with Crippen LogP contribution in [0.2, 0.25) is 0 Å². The van der Waals surface area contributed by atoms with E-state index in [0.29, 0.717) is 0 Å². The van der Waals surface area contributed by atoms with Crippen molar-refractivity contribution in [3.8, 4) is 152 Å². The van der Waals surface area contributed by atoms with Crippen molar-refractivity contribution in [2.75, 3.05) is 0 Å². The lowest BCUT2D eigenvalue weighted by atomic mass is 9.81. The van der Waals surface area contributed by atoms with E-state index >= 15 is 0 Å². The number of pyridine rings is 2. The summed E-state index contributed by atoms with van der Waals surface area (Å²) in [6.45, 7) is 13.8. The molecule has 0 amide bonds. The van der Waals surface area contributed by atoms with Gasteiger partial charge in [0.1, 0.15) is 0 Å². The molecule has 16 aromatic carbocycles. The van der Waals surface area contributed by atoms with Crippen LogP contribution in [0.5, 0.6) is 0 Å². The number of rotatable bonds is 12. The lowest BCUT2D eigenvalue weighted by molar-refractivity contribution is 0.657. The molecule has 0 aliphatic heterocycles. The molecule has 0 radical (unpaired) electrons. The van der Waals surface area contributed by atoms with Crippen LogP contribution in [0.1, 0.15) is 74.9 Å². The number of aromatic nitrogens is 11. The molecular formula is C127H91N11. The summed E-state index contributed by atoms with van der Waals surface area (Å²) in [4.78, 5) is 40.6. The SMILES string of the molecule is CC1(C)c2ccccc2-c2nc(-c3ccc(-c4ccccn4)cc3)nc(-c3ccc(-n4c5ccccc5c5ccccc54)cc3)c21.CC1(C)c2ccccc2-c2nc(-c3ccc(-c4cccnc4)cc3)nc(-c3ccc(-n4c5ccccc5c5ccccc54)cc3)c21.CC1(C)c2ccccc2-c2nc(-c3cccc(-c4ccccc4)c3)nc(-c3ccc(-n4c5ccccc5c5ccccc54)cc3)c21. The van der Waals surface area contributed by atoms with E-state index in [2.05, 4.69) is 466 Å². The summed E-state index contributed by atoms with van der Waals surface area (Å²) in [7, 11) is 0. The fraction of sp³-hybridized carbons (Fsp3) is 0.0709. The number of benzene rings is 16. The van der Waals surface area contributed by atoms with Gasteiger partial charge >= 0.3 is 0 Å². The first-order valence-corrected chi connectivity index (χ1v) is 47.3. The molecule has 27 rings (SSSR count). The van der Waals surface area contributed by atoms with E-state index in [-0.39, 0.29) is 16.2 Å². The molecular weight excluding hydrogens is 1680 g/mol. The van der Waals surface area contributed by atoms with Gasteiger partial charge < -0.3 is 13.7 Å². The van der Waals surface area contributed by atoms with Crippen LogP contribution in [0, 0.1) is 0 Å². The fourth-order valence-corrected chi connectivity index (χ4v) is 21.9. The molecule has 11 nitrogen and oxygen atoms in total. The molecule has 138 heavy (non-hydrogen) atoms. The molecule has 0 unspecified atom stereocenters. The number of nitrogens with zero attached hydrogens (tertiary/aromatic N) is 11. The van der Waals surface area contributed by atoms with Crippen molar-refractivity contribution in [3.63, 3.8) is 0 Å². The van der Waals surface area contributed by atoms with Gasteiger partial charge in [-0.05, 0) is 136 Å². The molecule has 654 valence electrons. The number of fused-ring (bicyclic) bond motifs is 18. The van der Waals surface area contributed by atoms with Crippen molar-refractivity contribution >= 4 is 65.4 Å². The van der Waals surface area contributed by atoms with E-state index in [1.54, 1.807) is 6.20 Å². The average molecular weight is 1770 g/mol. The summed E-state index contributed by atoms with van der Waals surface area (Å²) in [5, 5.41) is 7.56. The number of hydrogen-bond acceptors (Lipinski definition) is 8. The fourth-order valence-electron chi connectivity index (χ4n) is 21.9. The maximum absolute atomic E-state index is 5.37. The maximum Gasteiger partial charge on any atom is 0.160 e. The Balaban J connectivity index is 0.000000110. The van der Waals surface area contributed by atoms with Gasteiger partial charge in [-0.1, -0.05) is 369 Å². The van der Waals surface area contributed by atoms with Crippen molar-refractivity contribution < 1.29 is 0 Å². The van der Waals surface area contributed by atoms with Gasteiger partial charge in [0.25, 0.3) is 0 Å². The standard InChI is InChI=1S/C43H31N3.2C42H30N4/c1-43(2)36-20-9-6-19-35(36)41-39(43)40(44-42(45-41)31-16-12-15-30(27-31)28-13-4-3-5-14-28)29-23-25-32(26-24-29)46-37-21-10-7-17-33(37)34-18-8-11-22-38(34)46;1-42(2)34-14-6-3-13-33(34)40-38(42)39(44-41(45-40)29-20-18-27(19-21-29)35-15-9-10-26-43-35)28-22-24-30(25-23-28)46-36-16-7-4-11-31(36)32-12-5-8-17-37(32)46;1-42(2)35-14-6-3-13-34(35)40-38(42)39(44-41(45-40)29-19-17-27(18-20-29)30-10-9-25-43-26-30)28-21-23-31(24-22-28)46-36-15-7-4-11-32(36)33-12-5-8-16-37(33)46/h3-27H,1-2H3;2*3-26H,1-2H3. The molecule has 0 N–H and O–H groups in total. The Morgan fingerprint density at radius 2 is 0.478 bits per heavy atom. The van der Waals surface area contributed by atoms with E-state index in [1.165, 1.54) is 121 Å². The summed E-state index contributed by atoms with van der Waals surface area (Å²) in [6, 6.07) is 150. The highest BCUT2D eigenvalue weighted by Crippen LogP contribution is 2.56. The average Bonchev–Trinajstić information content (AvgIpc) is 1.56. The first-order chi connectivity index (χ1) is 67.7. The molecule has 0 saturated carbocycles. The first-order valence-electron chi connectivity index (χ1n) is 47.3. The minimum absolute atomic E-state index is 0.239. The molecule has 8 heterocycles. The van der Waals surface area contributed by atoms with Crippen LogP contribution >= 0.6 is 0 Å². The van der Waals surface area contributed by atoms with Crippen LogP contribution in [0.15, 0.2) is 443 Å². The summed E-state index contributed by atoms with van der Waals surface area (Å²) in [5.41, 5.74) is 39.6. The summed E-state index contributed by atoms with van der Waals surface area (Å²) in [6.07, 6.45) is 5.51. The van der Waals surface area contributed by atoms with Crippen molar-refractivity contribution in [2.45, 2.75) is 57.8 Å². The van der Waals surface area contributed by atoms with Gasteiger partial charge in [-0.2, -0.15) is 0 Å². The van der Waals surface area contributed by atoms with Crippen LogP contribution in [0.4, 0.5) is 0 Å². The van der Waals surface area contributed by atoms with Gasteiger partial charge in [0.15, 0.2) is 17.5 Å². The van der Waals surface area contributed by atoms with E-state index in [9.17, 15) is 0 Å². The number of para-hydroxylation sites is 6. The Labute approximate surface area is 800 Å². The molecule has 8 aromatic heterocycles. The minimum atomic E-state index is -0.242. The van der Waals surface area contributed by atoms with Crippen molar-refractivity contribution in [1.82, 2.24) is 53.6 Å². The normalized spacial score (nSPS) is 13.2. The van der Waals surface area contributed by atoms with E-state index in [0.717, 1.165) is 130 Å². The van der Waals surface area contributed by atoms with Crippen LogP contribution in [-0.2, 0) is 16.2 Å². The quantitative estimate of drug-likeness (QED) is 0.119. The van der Waals surface area contributed by atoms with Crippen molar-refractivity contribution in [3.05, 3.63) is 477 Å². The molecule has 11 heteroatoms. The Morgan fingerprint density at radius 1 is 0.196 bits per heavy atom. The molecule has 0 bridgehead atoms. The van der Waals surface area contributed by atoms with E-state index < -0.39 is 0 Å². The van der Waals surface area contributed by atoms with E-state index in [1.807, 2.05) is 36.7 Å². The summed E-state index contributed by atoms with van der Waals surface area (Å²) in [5.74, 6) is 2.19. The zero-order chi connectivity index (χ0) is 92.5. The van der Waals surface area contributed by atoms with Crippen LogP contribution in [0.3, 0.4) is 0 Å². The highest BCUT2D eigenvalue weighted by Gasteiger charge is 2.44. The van der Waals surface area contributed by atoms with Crippen molar-refractivity contribution in [1.29, 1.82) is 0 Å². The second-order valence-corrected chi connectivity index (χ2v) is 37.7. The van der Waals surface area contributed by atoms with Gasteiger partial charge in [-0.25, -0.2) is 29.9 Å². The predicted octanol–water partition coefficient (Wildman–Crippen LogP) is 31.4. The highest BCUT2D eigenvalue weighted by molar-refractivity contribution is 6.12. The number of hydrogen-bond donors (Lipinski definition) is 0. The Hall–Kier alpha value is -17.5. The van der Waals surface area contributed by atoms with Gasteiger partial charge in [-0.15, -0.1) is 0 Å². The molecule has 24 aromatic rings. The maximum atomic E-state index is 5.37. The lowest BCUT2D eigenvalue weighted by Crippen LogP contribution is -2.17. The Bertz CT molecular complexity index is 8410. The molecule has 0 spiro atoms. The van der Waals surface area contributed by atoms with Crippen LogP contribution in [-0.4, -0.2) is 53.6 Å². The first kappa shape index (κ1) is 82.4. The highest BCUT2D eigenvalue weighted by atomic mass is 15.0. The van der Waals surface area contributed by atoms with Crippen LogP contribution in [0.25, 0.3) is 218 Å². The van der Waals surface area contributed by atoms with Crippen LogP contribution < -0.4 is 0 Å². The zero-order valence-electron chi connectivity index (χ0n) is 77.1. The van der Waals surface area contributed by atoms with Gasteiger partial charge in [0.2, 0.25) is 0 Å². The third-order valence-electron chi connectivity index (χ3n) is 28.6. The third-order valence-corrected chi connectivity index (χ3v) is 28.6. The topological polar surface area (TPSA) is 118 Å². The summed E-state index contributed by atoms with van der Waals surface area (Å²) < 4.78 is 7.07. The second kappa shape index (κ2) is 33.0. The lowest BCUT2D eigenvalue weighted by Gasteiger charge is -2.24. The molecule has 3 aliphatic carbocycles.